The second-order valence-corrected chi connectivity index (χ2v) is 6.16. The summed E-state index contributed by atoms with van der Waals surface area (Å²) in [4.78, 5) is 0. The van der Waals surface area contributed by atoms with Crippen molar-refractivity contribution in [2.45, 2.75) is 26.4 Å². The van der Waals surface area contributed by atoms with Crippen molar-refractivity contribution < 1.29 is 4.74 Å². The lowest BCUT2D eigenvalue weighted by atomic mass is 10.2. The Kier molecular flexibility index (Phi) is 5.77. The van der Waals surface area contributed by atoms with E-state index >= 15 is 0 Å². The quantitative estimate of drug-likeness (QED) is 0.725. The maximum absolute atomic E-state index is 6.16. The van der Waals surface area contributed by atoms with Gasteiger partial charge in [-0.2, -0.15) is 0 Å². The number of halogens is 3. The molecule has 0 radical (unpaired) electrons. The normalized spacial score (nSPS) is 11.0. The van der Waals surface area contributed by atoms with Gasteiger partial charge in [0.05, 0.1) is 5.02 Å². The van der Waals surface area contributed by atoms with Crippen LogP contribution in [0.5, 0.6) is 11.5 Å². The second kappa shape index (κ2) is 7.37. The molecule has 0 fully saturated rings. The SMILES string of the molecule is CC(C)NCc1ccc(Cl)cc1Oc1cccc(Cl)c1Cl. The molecule has 2 rings (SSSR count). The second-order valence-electron chi connectivity index (χ2n) is 4.94. The van der Waals surface area contributed by atoms with Gasteiger partial charge in [0, 0.05) is 23.2 Å². The lowest BCUT2D eigenvalue weighted by Gasteiger charge is -2.15. The molecule has 0 saturated carbocycles. The molecule has 1 N–H and O–H groups in total. The van der Waals surface area contributed by atoms with E-state index in [-0.39, 0.29) is 0 Å². The largest absolute Gasteiger partial charge is 0.455 e. The summed E-state index contributed by atoms with van der Waals surface area (Å²) in [7, 11) is 0. The molecule has 2 nitrogen and oxygen atoms in total. The molecule has 0 bridgehead atoms. The Hall–Kier alpha value is -0.930. The van der Waals surface area contributed by atoms with Crippen LogP contribution >= 0.6 is 34.8 Å². The summed E-state index contributed by atoms with van der Waals surface area (Å²) in [6.45, 7) is 4.86. The van der Waals surface area contributed by atoms with E-state index < -0.39 is 0 Å². The Bertz CT molecular complexity index is 629. The number of hydrogen-bond donors (Lipinski definition) is 1. The Morgan fingerprint density at radius 3 is 2.52 bits per heavy atom. The van der Waals surface area contributed by atoms with Crippen molar-refractivity contribution >= 4 is 34.8 Å². The van der Waals surface area contributed by atoms with Crippen molar-refractivity contribution in [2.75, 3.05) is 0 Å². The van der Waals surface area contributed by atoms with Gasteiger partial charge in [-0.1, -0.05) is 60.8 Å². The first kappa shape index (κ1) is 16.4. The third-order valence-electron chi connectivity index (χ3n) is 2.87. The summed E-state index contributed by atoms with van der Waals surface area (Å²) < 4.78 is 5.89. The summed E-state index contributed by atoms with van der Waals surface area (Å²) in [5, 5.41) is 4.81. The highest BCUT2D eigenvalue weighted by Crippen LogP contribution is 2.36. The van der Waals surface area contributed by atoms with Crippen molar-refractivity contribution in [3.8, 4) is 11.5 Å². The van der Waals surface area contributed by atoms with Crippen LogP contribution in [0.4, 0.5) is 0 Å². The van der Waals surface area contributed by atoms with Gasteiger partial charge in [-0.25, -0.2) is 0 Å². The average molecular weight is 345 g/mol. The maximum atomic E-state index is 6.16. The van der Waals surface area contributed by atoms with Gasteiger partial charge in [0.1, 0.15) is 16.5 Å². The molecule has 0 unspecified atom stereocenters. The summed E-state index contributed by atoms with van der Waals surface area (Å²) in [6.07, 6.45) is 0. The first-order valence-corrected chi connectivity index (χ1v) is 7.74. The molecule has 2 aromatic carbocycles. The molecule has 0 aliphatic rings. The molecule has 0 amide bonds. The van der Waals surface area contributed by atoms with Crippen molar-refractivity contribution in [1.29, 1.82) is 0 Å². The predicted octanol–water partition coefficient (Wildman–Crippen LogP) is 5.94. The van der Waals surface area contributed by atoms with Gasteiger partial charge in [-0.3, -0.25) is 0 Å². The minimum absolute atomic E-state index is 0.378. The van der Waals surface area contributed by atoms with Crippen LogP contribution in [0, 0.1) is 0 Å². The van der Waals surface area contributed by atoms with Crippen LogP contribution in [0.15, 0.2) is 36.4 Å². The van der Waals surface area contributed by atoms with Gasteiger partial charge < -0.3 is 10.1 Å². The van der Waals surface area contributed by atoms with Crippen molar-refractivity contribution in [2.24, 2.45) is 0 Å². The fourth-order valence-electron chi connectivity index (χ4n) is 1.76. The number of ether oxygens (including phenoxy) is 1. The van der Waals surface area contributed by atoms with E-state index in [0.717, 1.165) is 5.56 Å². The van der Waals surface area contributed by atoms with E-state index in [9.17, 15) is 0 Å². The van der Waals surface area contributed by atoms with E-state index in [2.05, 4.69) is 19.2 Å². The van der Waals surface area contributed by atoms with Crippen LogP contribution in [0.3, 0.4) is 0 Å². The van der Waals surface area contributed by atoms with Gasteiger partial charge in [0.15, 0.2) is 0 Å². The smallest absolute Gasteiger partial charge is 0.147 e. The van der Waals surface area contributed by atoms with Crippen LogP contribution in [0.2, 0.25) is 15.1 Å². The molecule has 0 spiro atoms. The maximum Gasteiger partial charge on any atom is 0.147 e. The van der Waals surface area contributed by atoms with Crippen LogP contribution in [0.25, 0.3) is 0 Å². The first-order valence-electron chi connectivity index (χ1n) is 6.61. The highest BCUT2D eigenvalue weighted by molar-refractivity contribution is 6.42. The first-order chi connectivity index (χ1) is 9.97. The third kappa shape index (κ3) is 4.52. The Balaban J connectivity index is 2.29. The predicted molar refractivity (Wildman–Crippen MR) is 90.0 cm³/mol. The number of benzene rings is 2. The molecule has 0 heterocycles. The molecule has 5 heteroatoms. The van der Waals surface area contributed by atoms with Crippen LogP contribution in [0.1, 0.15) is 19.4 Å². The molecular weight excluding hydrogens is 329 g/mol. The number of nitrogens with one attached hydrogen (secondary N) is 1. The van der Waals surface area contributed by atoms with Crippen LogP contribution in [-0.2, 0) is 6.54 Å². The molecule has 0 aromatic heterocycles. The lowest BCUT2D eigenvalue weighted by Crippen LogP contribution is -2.22. The number of rotatable bonds is 5. The zero-order chi connectivity index (χ0) is 15.4. The lowest BCUT2D eigenvalue weighted by molar-refractivity contribution is 0.470. The van der Waals surface area contributed by atoms with Gasteiger partial charge in [0.25, 0.3) is 0 Å². The molecule has 0 aliphatic carbocycles. The van der Waals surface area contributed by atoms with E-state index in [1.807, 2.05) is 12.1 Å². The van der Waals surface area contributed by atoms with E-state index in [1.165, 1.54) is 0 Å². The highest BCUT2D eigenvalue weighted by atomic mass is 35.5. The monoisotopic (exact) mass is 343 g/mol. The van der Waals surface area contributed by atoms with Crippen LogP contribution < -0.4 is 10.1 Å². The van der Waals surface area contributed by atoms with Crippen molar-refractivity contribution in [3.63, 3.8) is 0 Å². The number of hydrogen-bond acceptors (Lipinski definition) is 2. The van der Waals surface area contributed by atoms with Crippen LogP contribution in [-0.4, -0.2) is 6.04 Å². The molecule has 21 heavy (non-hydrogen) atoms. The zero-order valence-corrected chi connectivity index (χ0v) is 14.1. The van der Waals surface area contributed by atoms with Gasteiger partial charge in [-0.05, 0) is 24.3 Å². The molecule has 0 atom stereocenters. The third-order valence-corrected chi connectivity index (χ3v) is 3.90. The van der Waals surface area contributed by atoms with Gasteiger partial charge in [0.2, 0.25) is 0 Å². The minimum Gasteiger partial charge on any atom is -0.455 e. The fraction of sp³-hybridized carbons (Fsp3) is 0.250. The topological polar surface area (TPSA) is 21.3 Å². The molecule has 112 valence electrons. The Labute approximate surface area is 140 Å². The van der Waals surface area contributed by atoms with E-state index in [1.54, 1.807) is 24.3 Å². The molecular formula is C16H16Cl3NO. The molecule has 0 aliphatic heterocycles. The fourth-order valence-corrected chi connectivity index (χ4v) is 2.26. The van der Waals surface area contributed by atoms with Gasteiger partial charge in [-0.15, -0.1) is 0 Å². The summed E-state index contributed by atoms with van der Waals surface area (Å²) >= 11 is 18.2. The summed E-state index contributed by atoms with van der Waals surface area (Å²) in [5.41, 5.74) is 1.00. The average Bonchev–Trinajstić information content (AvgIpc) is 2.43. The van der Waals surface area contributed by atoms with Crippen molar-refractivity contribution in [3.05, 3.63) is 57.0 Å². The summed E-state index contributed by atoms with van der Waals surface area (Å²) in [5.74, 6) is 1.18. The highest BCUT2D eigenvalue weighted by Gasteiger charge is 2.11. The minimum atomic E-state index is 0.378. The Morgan fingerprint density at radius 1 is 1.05 bits per heavy atom. The summed E-state index contributed by atoms with van der Waals surface area (Å²) in [6, 6.07) is 11.2. The van der Waals surface area contributed by atoms with E-state index in [0.29, 0.717) is 39.2 Å². The molecule has 2 aromatic rings. The van der Waals surface area contributed by atoms with Crippen molar-refractivity contribution in [1.82, 2.24) is 5.32 Å². The Morgan fingerprint density at radius 2 is 1.81 bits per heavy atom. The molecule has 0 saturated heterocycles. The van der Waals surface area contributed by atoms with Gasteiger partial charge >= 0.3 is 0 Å². The standard InChI is InChI=1S/C16H16Cl3NO/c1-10(2)20-9-11-6-7-12(17)8-15(11)21-14-5-3-4-13(18)16(14)19/h3-8,10,20H,9H2,1-2H3. The van der Waals surface area contributed by atoms with E-state index in [4.69, 9.17) is 39.5 Å². The zero-order valence-electron chi connectivity index (χ0n) is 11.8.